The first-order valence-electron chi connectivity index (χ1n) is 29.7. The van der Waals surface area contributed by atoms with Crippen molar-refractivity contribution in [1.82, 2.24) is 35.1 Å². The molecule has 0 radical (unpaired) electrons. The molecular weight excluding hydrogens is 1100 g/mol. The topological polar surface area (TPSA) is 201 Å². The molecule has 454 valence electrons. The van der Waals surface area contributed by atoms with E-state index in [1.807, 2.05) is 112 Å². The largest absolute Gasteiger partial charge is 0.445 e. The lowest BCUT2D eigenvalue weighted by Gasteiger charge is -2.28. The number of nitrogens with two attached hydrogens (primary N) is 1. The van der Waals surface area contributed by atoms with Crippen LogP contribution in [0.5, 0.6) is 0 Å². The molecule has 88 heavy (non-hydrogen) atoms. The second-order valence-electron chi connectivity index (χ2n) is 23.7. The summed E-state index contributed by atoms with van der Waals surface area (Å²) in [5.41, 5.74) is 23.9. The van der Waals surface area contributed by atoms with Crippen LogP contribution in [0.4, 0.5) is 25.8 Å². The molecule has 3 saturated heterocycles. The van der Waals surface area contributed by atoms with Crippen LogP contribution in [-0.4, -0.2) is 90.6 Å². The minimum Gasteiger partial charge on any atom is -0.445 e. The molecule has 5 heterocycles. The zero-order valence-corrected chi connectivity index (χ0v) is 48.8. The Labute approximate surface area is 515 Å². The van der Waals surface area contributed by atoms with Gasteiger partial charge in [0.1, 0.15) is 24.9 Å². The molecular formula is C72H79N9O7. The molecule has 8 aromatic rings. The van der Waals surface area contributed by atoms with Crippen molar-refractivity contribution >= 4 is 58.9 Å². The molecule has 16 heteroatoms. The summed E-state index contributed by atoms with van der Waals surface area (Å²) in [7, 11) is 0. The van der Waals surface area contributed by atoms with Crippen LogP contribution < -0.4 is 11.1 Å². The summed E-state index contributed by atoms with van der Waals surface area (Å²) in [6, 6.07) is 51.8. The number of nitrogen functional groups attached to an aromatic ring is 1. The van der Waals surface area contributed by atoms with E-state index >= 15 is 0 Å². The Morgan fingerprint density at radius 3 is 1.50 bits per heavy atom. The SMILES string of the molecule is C.C.CC(C)(C)OC(=O)N1CCC[C@H]1C(=O)Nc1ccc2c(c1)C=C(c1ccc(-c3cc([C@@H]4CCCN4C(=O)OCc4ccccc4)[nH]n3)cc1)C2.Nc1ccc2c(c1)C=C(c1ccc(-c3cc([C@@H]4CCCN4C(=O)OCc4ccccc4)[nH]n3)cc1)C2. The van der Waals surface area contributed by atoms with Crippen LogP contribution >= 0.6 is 0 Å². The fourth-order valence-electron chi connectivity index (χ4n) is 12.2. The average molecular weight is 1180 g/mol. The first kappa shape index (κ1) is 61.4. The lowest BCUT2D eigenvalue weighted by atomic mass is 10.0. The van der Waals surface area contributed by atoms with Crippen LogP contribution in [0, 0.1) is 0 Å². The predicted molar refractivity (Wildman–Crippen MR) is 347 cm³/mol. The summed E-state index contributed by atoms with van der Waals surface area (Å²) >= 11 is 0. The number of H-pyrrole nitrogens is 2. The Bertz CT molecular complexity index is 3830. The number of nitrogens with one attached hydrogen (secondary N) is 3. The standard InChI is InChI=1S/C40H43N5O5.C30H28N4O2.2CH4/c1-40(2,3)50-39(48)45-20-8-12-36(45)37(46)41-32-18-17-29-21-30(22-31(29)23-32)27-13-15-28(16-14-27)33-24-34(43-42-33)35-11-7-19-44(35)38(47)49-25-26-9-5-4-6-10-26;31-26-13-12-23-15-24(16-25(23)17-26)21-8-10-22(11-9-21)27-18-28(33-32-27)29-7-4-14-34(29)30(35)36-19-20-5-2-1-3-6-20;;/h4-6,9-10,13-18,22-24,35-36H,7-8,11-12,19-21,25H2,1-3H3,(H,41,46)(H,42,43);1-3,5-6,8-13,16-18,29H,4,7,14-15,19,31H2,(H,32,33);2*1H4/t35-,36-;29-;;/m00../s1. The number of fused-ring (bicyclic) bond motifs is 2. The minimum absolute atomic E-state index is 0. The Morgan fingerprint density at radius 2 is 1.00 bits per heavy atom. The highest BCUT2D eigenvalue weighted by atomic mass is 16.6. The summed E-state index contributed by atoms with van der Waals surface area (Å²) in [6.45, 7) is 7.85. The number of rotatable bonds is 12. The number of allylic oxidation sites excluding steroid dienone is 2. The van der Waals surface area contributed by atoms with E-state index in [-0.39, 0.29) is 58.2 Å². The second kappa shape index (κ2) is 26.9. The Kier molecular flexibility index (Phi) is 18.8. The molecule has 0 unspecified atom stereocenters. The number of nitrogens with zero attached hydrogens (tertiary/aromatic N) is 5. The first-order chi connectivity index (χ1) is 41.7. The Balaban J connectivity index is 0.000000199. The van der Waals surface area contributed by atoms with Crippen LogP contribution in [0.3, 0.4) is 0 Å². The maximum Gasteiger partial charge on any atom is 0.410 e. The van der Waals surface area contributed by atoms with Crippen molar-refractivity contribution in [3.05, 3.63) is 214 Å². The molecule has 5 aliphatic rings. The van der Waals surface area contributed by atoms with Gasteiger partial charge in [0.25, 0.3) is 0 Å². The van der Waals surface area contributed by atoms with Gasteiger partial charge in [-0.1, -0.05) is 148 Å². The van der Waals surface area contributed by atoms with E-state index in [0.29, 0.717) is 31.7 Å². The number of aromatic nitrogens is 4. The molecule has 3 aliphatic heterocycles. The number of carbonyl (C=O) groups is 4. The number of anilines is 2. The number of ether oxygens (including phenoxy) is 3. The van der Waals surface area contributed by atoms with Crippen molar-refractivity contribution in [2.75, 3.05) is 30.7 Å². The van der Waals surface area contributed by atoms with Gasteiger partial charge in [0.05, 0.1) is 34.9 Å². The molecule has 0 saturated carbocycles. The van der Waals surface area contributed by atoms with Crippen molar-refractivity contribution in [3.63, 3.8) is 0 Å². The molecule has 3 fully saturated rings. The van der Waals surface area contributed by atoms with Crippen molar-refractivity contribution in [1.29, 1.82) is 0 Å². The third kappa shape index (κ3) is 14.1. The van der Waals surface area contributed by atoms with E-state index in [2.05, 4.69) is 105 Å². The van der Waals surface area contributed by atoms with Gasteiger partial charge < -0.3 is 25.3 Å². The maximum atomic E-state index is 13.2. The fourth-order valence-corrected chi connectivity index (χ4v) is 12.2. The molecule has 4 amide bonds. The molecule has 13 rings (SSSR count). The van der Waals surface area contributed by atoms with Gasteiger partial charge in [-0.05, 0) is 164 Å². The molecule has 2 aromatic heterocycles. The summed E-state index contributed by atoms with van der Waals surface area (Å²) in [5, 5.41) is 18.5. The number of benzene rings is 6. The number of carbonyl (C=O) groups excluding carboxylic acids is 4. The van der Waals surface area contributed by atoms with E-state index in [1.165, 1.54) is 38.3 Å². The number of hydrogen-bond donors (Lipinski definition) is 4. The minimum atomic E-state index is -0.618. The lowest BCUT2D eigenvalue weighted by molar-refractivity contribution is -0.120. The van der Waals surface area contributed by atoms with Crippen molar-refractivity contribution in [3.8, 4) is 22.5 Å². The van der Waals surface area contributed by atoms with E-state index in [0.717, 1.165) is 107 Å². The van der Waals surface area contributed by atoms with E-state index in [1.54, 1.807) is 9.80 Å². The number of aromatic amines is 2. The van der Waals surface area contributed by atoms with E-state index < -0.39 is 17.7 Å². The van der Waals surface area contributed by atoms with Gasteiger partial charge >= 0.3 is 18.3 Å². The van der Waals surface area contributed by atoms with Crippen LogP contribution in [0.1, 0.15) is 142 Å². The molecule has 16 nitrogen and oxygen atoms in total. The summed E-state index contributed by atoms with van der Waals surface area (Å²) < 4.78 is 16.7. The van der Waals surface area contributed by atoms with Crippen LogP contribution in [0.15, 0.2) is 158 Å². The molecule has 2 aliphatic carbocycles. The van der Waals surface area contributed by atoms with Crippen molar-refractivity contribution in [2.45, 2.75) is 124 Å². The van der Waals surface area contributed by atoms with E-state index in [9.17, 15) is 19.2 Å². The van der Waals surface area contributed by atoms with Gasteiger partial charge in [-0.25, -0.2) is 14.4 Å². The third-order valence-electron chi connectivity index (χ3n) is 16.6. The van der Waals surface area contributed by atoms with Crippen molar-refractivity contribution < 1.29 is 33.4 Å². The normalized spacial score (nSPS) is 17.3. The smallest absolute Gasteiger partial charge is 0.410 e. The van der Waals surface area contributed by atoms with Crippen LogP contribution in [-0.2, 0) is 45.1 Å². The van der Waals surface area contributed by atoms with Gasteiger partial charge in [-0.15, -0.1) is 0 Å². The average Bonchev–Trinajstić information content (AvgIpc) is 2.86. The van der Waals surface area contributed by atoms with Gasteiger partial charge in [0, 0.05) is 42.1 Å². The Hall–Kier alpha value is -9.70. The summed E-state index contributed by atoms with van der Waals surface area (Å²) in [4.78, 5) is 56.8. The zero-order chi connectivity index (χ0) is 59.3. The summed E-state index contributed by atoms with van der Waals surface area (Å²) in [5.74, 6) is -0.198. The quantitative estimate of drug-likeness (QED) is 0.0674. The summed E-state index contributed by atoms with van der Waals surface area (Å²) in [6.07, 6.45) is 10.0. The van der Waals surface area contributed by atoms with Gasteiger partial charge in [-0.2, -0.15) is 10.2 Å². The fraction of sp³-hybridized carbons (Fsp3) is 0.306. The van der Waals surface area contributed by atoms with Gasteiger partial charge in [0.2, 0.25) is 5.91 Å². The predicted octanol–water partition coefficient (Wildman–Crippen LogP) is 15.5. The van der Waals surface area contributed by atoms with Gasteiger partial charge in [-0.3, -0.25) is 29.7 Å². The Morgan fingerprint density at radius 1 is 0.545 bits per heavy atom. The molecule has 5 N–H and O–H groups in total. The van der Waals surface area contributed by atoms with E-state index in [4.69, 9.17) is 19.9 Å². The lowest BCUT2D eigenvalue weighted by Crippen LogP contribution is -2.45. The highest BCUT2D eigenvalue weighted by Crippen LogP contribution is 2.39. The zero-order valence-electron chi connectivity index (χ0n) is 48.8. The molecule has 3 atom stereocenters. The highest BCUT2D eigenvalue weighted by Gasteiger charge is 2.38. The number of amides is 4. The molecule has 0 bridgehead atoms. The van der Waals surface area contributed by atoms with Crippen LogP contribution in [0.25, 0.3) is 45.8 Å². The second-order valence-corrected chi connectivity index (χ2v) is 23.7. The molecule has 6 aromatic carbocycles. The van der Waals surface area contributed by atoms with Crippen LogP contribution in [0.2, 0.25) is 0 Å². The monoisotopic (exact) mass is 1180 g/mol. The number of hydrogen-bond acceptors (Lipinski definition) is 10. The highest BCUT2D eigenvalue weighted by molar-refractivity contribution is 5.98. The third-order valence-corrected chi connectivity index (χ3v) is 16.6. The maximum absolute atomic E-state index is 13.2. The number of likely N-dealkylation sites (tertiary alicyclic amines) is 3. The first-order valence-corrected chi connectivity index (χ1v) is 29.7. The van der Waals surface area contributed by atoms with Gasteiger partial charge in [0.15, 0.2) is 0 Å². The molecule has 0 spiro atoms. The van der Waals surface area contributed by atoms with Crippen molar-refractivity contribution in [2.24, 2.45) is 0 Å².